The van der Waals surface area contributed by atoms with E-state index in [1.807, 2.05) is 0 Å². The number of nitrogens with zero attached hydrogens (tertiary/aromatic N) is 1. The van der Waals surface area contributed by atoms with Crippen LogP contribution in [0.15, 0.2) is 0 Å². The maximum Gasteiger partial charge on any atom is 0.355 e. The van der Waals surface area contributed by atoms with Gasteiger partial charge in [0.05, 0.1) is 0 Å². The molecule has 0 heterocycles. The fourth-order valence-corrected chi connectivity index (χ4v) is 7.81. The van der Waals surface area contributed by atoms with Gasteiger partial charge >= 0.3 is 36.4 Å². The second-order valence-electron chi connectivity index (χ2n) is 4.99. The van der Waals surface area contributed by atoms with Gasteiger partial charge in [0.1, 0.15) is 6.29 Å². The van der Waals surface area contributed by atoms with Crippen LogP contribution in [-0.2, 0) is 27.8 Å². The molecule has 0 radical (unpaired) electrons. The first-order chi connectivity index (χ1) is 12.2. The Kier molecular flexibility index (Phi) is 11.9. The Morgan fingerprint density at radius 1 is 0.821 bits per heavy atom. The molecule has 0 rings (SSSR count). The van der Waals surface area contributed by atoms with Gasteiger partial charge in [0, 0.05) is 19.4 Å². The number of carbonyl (C=O) groups is 2. The molecule has 0 unspecified atom stereocenters. The normalized spacial score (nSPS) is 13.4. The lowest BCUT2D eigenvalue weighted by molar-refractivity contribution is -0.136. The highest BCUT2D eigenvalue weighted by Crippen LogP contribution is 2.68. The number of carboxylic acids is 1. The van der Waals surface area contributed by atoms with E-state index in [-0.39, 0.29) is 12.7 Å². The fourth-order valence-electron chi connectivity index (χ4n) is 1.72. The van der Waals surface area contributed by atoms with Crippen molar-refractivity contribution in [2.24, 2.45) is 0 Å². The van der Waals surface area contributed by atoms with E-state index in [0.717, 1.165) is 0 Å². The molecule has 9 N–H and O–H groups in total. The van der Waals surface area contributed by atoms with E-state index in [1.54, 1.807) is 6.92 Å². The molecular formula is C8H21NO15P4. The van der Waals surface area contributed by atoms with Gasteiger partial charge in [0.25, 0.3) is 0 Å². The number of carboxylic acid groups (broad SMARTS) is 1. The minimum Gasteiger partial charge on any atom is -0.481 e. The monoisotopic (exact) mass is 495 g/mol. The topological polar surface area (TPSA) is 288 Å². The molecule has 0 aromatic rings. The number of rotatable bonds is 10. The third kappa shape index (κ3) is 11.0. The largest absolute Gasteiger partial charge is 0.481 e. The van der Waals surface area contributed by atoms with Crippen LogP contribution >= 0.6 is 30.4 Å². The molecule has 0 aliphatic rings. The van der Waals surface area contributed by atoms with Crippen molar-refractivity contribution in [1.29, 1.82) is 0 Å². The van der Waals surface area contributed by atoms with Crippen molar-refractivity contribution in [3.8, 4) is 0 Å². The fraction of sp³-hybridized carbons (Fsp3) is 0.750. The minimum absolute atomic E-state index is 0.0554. The van der Waals surface area contributed by atoms with Gasteiger partial charge in [0.2, 0.25) is 11.0 Å². The molecule has 0 bridgehead atoms. The van der Waals surface area contributed by atoms with Crippen LogP contribution < -0.4 is 0 Å². The van der Waals surface area contributed by atoms with E-state index in [2.05, 4.69) is 0 Å². The highest BCUT2D eigenvalue weighted by Gasteiger charge is 2.58. The van der Waals surface area contributed by atoms with Gasteiger partial charge in [-0.05, 0) is 0 Å². The van der Waals surface area contributed by atoms with Crippen LogP contribution in [0.25, 0.3) is 0 Å². The Morgan fingerprint density at radius 2 is 1.07 bits per heavy atom. The van der Waals surface area contributed by atoms with Crippen molar-refractivity contribution in [3.63, 3.8) is 0 Å². The molecule has 0 aromatic heterocycles. The maximum absolute atomic E-state index is 11.3. The van der Waals surface area contributed by atoms with Crippen LogP contribution in [-0.4, -0.2) is 79.0 Å². The average Bonchev–Trinajstić information content (AvgIpc) is 2.38. The summed E-state index contributed by atoms with van der Waals surface area (Å²) < 4.78 is 45.2. The molecule has 0 aliphatic carbocycles. The van der Waals surface area contributed by atoms with Crippen LogP contribution in [0.2, 0.25) is 0 Å². The molecule has 0 saturated heterocycles. The standard InChI is InChI=1S/C5H15NO13P4.C3H6O2/c7-3-1-2-6(4(20(8,9)10)21(11,12)13)5(22(14,15)16)23(17,18)19;1-2-3(4)5/h3-5H,1-2H2,(H2,8,9,10)(H2,11,12,13)(H2,14,15,16)(H2,17,18,19);2H2,1H3,(H,4,5). The molecule has 0 aromatic carbocycles. The summed E-state index contributed by atoms with van der Waals surface area (Å²) in [4.78, 5) is 91.7. The summed E-state index contributed by atoms with van der Waals surface area (Å²) in [6.45, 7) is 0.466. The third-order valence-electron chi connectivity index (χ3n) is 2.60. The van der Waals surface area contributed by atoms with E-state index >= 15 is 0 Å². The summed E-state index contributed by atoms with van der Waals surface area (Å²) >= 11 is 0. The van der Waals surface area contributed by atoms with Crippen molar-refractivity contribution in [2.45, 2.75) is 30.8 Å². The lowest BCUT2D eigenvalue weighted by Crippen LogP contribution is -2.43. The van der Waals surface area contributed by atoms with Crippen LogP contribution in [0.3, 0.4) is 0 Å². The molecule has 0 saturated carbocycles. The summed E-state index contributed by atoms with van der Waals surface area (Å²) in [5.74, 6) is -0.745. The number of hydrogen-bond acceptors (Lipinski definition) is 7. The highest BCUT2D eigenvalue weighted by molar-refractivity contribution is 7.72. The number of aliphatic carboxylic acids is 1. The van der Waals surface area contributed by atoms with Crippen LogP contribution in [0, 0.1) is 0 Å². The quantitative estimate of drug-likeness (QED) is 0.125. The smallest absolute Gasteiger partial charge is 0.355 e. The maximum atomic E-state index is 11.3. The predicted octanol–water partition coefficient (Wildman–Crippen LogP) is -1.36. The third-order valence-corrected chi connectivity index (χ3v) is 9.81. The van der Waals surface area contributed by atoms with Crippen LogP contribution in [0.5, 0.6) is 0 Å². The second kappa shape index (κ2) is 11.2. The molecule has 0 amide bonds. The van der Waals surface area contributed by atoms with Crippen molar-refractivity contribution in [2.75, 3.05) is 6.54 Å². The summed E-state index contributed by atoms with van der Waals surface area (Å²) in [5.41, 5.74) is -6.50. The van der Waals surface area contributed by atoms with Crippen molar-refractivity contribution < 1.29 is 72.1 Å². The predicted molar refractivity (Wildman–Crippen MR) is 91.1 cm³/mol. The average molecular weight is 495 g/mol. The molecule has 20 heteroatoms. The Labute approximate surface area is 157 Å². The highest BCUT2D eigenvalue weighted by atomic mass is 31.2. The zero-order chi connectivity index (χ0) is 23.1. The van der Waals surface area contributed by atoms with Crippen molar-refractivity contribution in [3.05, 3.63) is 0 Å². The number of aldehydes is 1. The number of carbonyl (C=O) groups excluding carboxylic acids is 1. The summed E-state index contributed by atoms with van der Waals surface area (Å²) in [5, 5.41) is 7.72. The molecule has 16 nitrogen and oxygen atoms in total. The van der Waals surface area contributed by atoms with Gasteiger partial charge < -0.3 is 49.0 Å². The van der Waals surface area contributed by atoms with Gasteiger partial charge in [-0.25, -0.2) is 0 Å². The first kappa shape index (κ1) is 29.9. The van der Waals surface area contributed by atoms with Crippen molar-refractivity contribution in [1.82, 2.24) is 4.90 Å². The first-order valence-corrected chi connectivity index (χ1v) is 13.6. The molecular weight excluding hydrogens is 474 g/mol. The second-order valence-corrected chi connectivity index (χ2v) is 12.5. The Balaban J connectivity index is 0. The lowest BCUT2D eigenvalue weighted by Gasteiger charge is -2.37. The molecule has 28 heavy (non-hydrogen) atoms. The van der Waals surface area contributed by atoms with Crippen LogP contribution in [0.1, 0.15) is 19.8 Å². The van der Waals surface area contributed by atoms with E-state index in [1.165, 1.54) is 0 Å². The summed E-state index contributed by atoms with van der Waals surface area (Å²) in [6, 6.07) is 0. The Hall–Kier alpha value is -0.300. The Morgan fingerprint density at radius 3 is 1.21 bits per heavy atom. The molecule has 0 spiro atoms. The van der Waals surface area contributed by atoms with E-state index < -0.39 is 65.3 Å². The first-order valence-electron chi connectivity index (χ1n) is 6.83. The van der Waals surface area contributed by atoms with Crippen LogP contribution in [0.4, 0.5) is 0 Å². The van der Waals surface area contributed by atoms with E-state index in [9.17, 15) is 27.8 Å². The zero-order valence-corrected chi connectivity index (χ0v) is 17.6. The van der Waals surface area contributed by atoms with Gasteiger partial charge in [-0.15, -0.1) is 0 Å². The summed E-state index contributed by atoms with van der Waals surface area (Å²) in [7, 11) is -23.3. The Bertz CT molecular complexity index is 622. The van der Waals surface area contributed by atoms with E-state index in [4.69, 9.17) is 44.3 Å². The molecule has 0 atom stereocenters. The zero-order valence-electron chi connectivity index (χ0n) is 14.1. The lowest BCUT2D eigenvalue weighted by atomic mass is 10.4. The van der Waals surface area contributed by atoms with Gasteiger partial charge in [-0.2, -0.15) is 0 Å². The molecule has 0 aliphatic heterocycles. The van der Waals surface area contributed by atoms with E-state index in [0.29, 0.717) is 0 Å². The molecule has 0 fully saturated rings. The minimum atomic E-state index is -5.83. The van der Waals surface area contributed by atoms with Gasteiger partial charge in [0.15, 0.2) is 0 Å². The van der Waals surface area contributed by atoms with Gasteiger partial charge in [-0.1, -0.05) is 6.92 Å². The SMILES string of the molecule is CCC(=O)O.O=CCCN(C(P(=O)(O)O)P(=O)(O)O)C(P(=O)(O)O)P(=O)(O)O. The molecule has 168 valence electrons. The van der Waals surface area contributed by atoms with Gasteiger partial charge in [-0.3, -0.25) is 28.0 Å². The summed E-state index contributed by atoms with van der Waals surface area (Å²) in [6.07, 6.45) is -0.493. The van der Waals surface area contributed by atoms with Crippen molar-refractivity contribution >= 4 is 42.6 Å². The number of hydrogen-bond donors (Lipinski definition) is 9.